The molecule has 3 unspecified atom stereocenters. The smallest absolute Gasteiger partial charge is 0.210 e. The zero-order valence-corrected chi connectivity index (χ0v) is 18.3. The average Bonchev–Trinajstić information content (AvgIpc) is 2.82. The van der Waals surface area contributed by atoms with Crippen LogP contribution in [0, 0.1) is 17.9 Å². The Bertz CT molecular complexity index is 976. The standard InChI is InChI=1S/C27H30O4/c1-20-24(21-12-14-23(29-2)15-13-21)19-22-9-3-4-10-25(22)27(20,28)16-6-8-18-31-26-11-5-7-17-30-26/h3-4,9-10,12-15,19-20,26,28H,5-7,11,16-17H2,1-2H3. The van der Waals surface area contributed by atoms with Gasteiger partial charge < -0.3 is 19.3 Å². The molecule has 162 valence electrons. The molecule has 1 saturated heterocycles. The van der Waals surface area contributed by atoms with Gasteiger partial charge in [0.25, 0.3) is 0 Å². The minimum atomic E-state index is -1.00. The number of rotatable bonds is 5. The molecule has 2 aromatic rings. The fourth-order valence-corrected chi connectivity index (χ4v) is 4.48. The topological polar surface area (TPSA) is 47.9 Å². The summed E-state index contributed by atoms with van der Waals surface area (Å²) in [6.45, 7) is 2.83. The second-order valence-electron chi connectivity index (χ2n) is 8.25. The van der Waals surface area contributed by atoms with Gasteiger partial charge in [0.1, 0.15) is 11.9 Å². The van der Waals surface area contributed by atoms with Crippen molar-refractivity contribution in [1.82, 2.24) is 0 Å². The summed E-state index contributed by atoms with van der Waals surface area (Å²) in [7, 11) is 1.66. The zero-order chi connectivity index (χ0) is 21.7. The predicted molar refractivity (Wildman–Crippen MR) is 122 cm³/mol. The molecule has 1 aliphatic heterocycles. The van der Waals surface area contributed by atoms with E-state index in [1.165, 1.54) is 0 Å². The molecule has 4 rings (SSSR count). The van der Waals surface area contributed by atoms with Crippen LogP contribution in [0.1, 0.15) is 55.7 Å². The Morgan fingerprint density at radius 3 is 2.68 bits per heavy atom. The van der Waals surface area contributed by atoms with E-state index in [9.17, 15) is 5.11 Å². The van der Waals surface area contributed by atoms with E-state index in [0.29, 0.717) is 12.8 Å². The summed E-state index contributed by atoms with van der Waals surface area (Å²) in [6.07, 6.45) is 8.91. The van der Waals surface area contributed by atoms with Crippen molar-refractivity contribution in [2.75, 3.05) is 13.7 Å². The Kier molecular flexibility index (Phi) is 6.65. The van der Waals surface area contributed by atoms with Gasteiger partial charge in [-0.1, -0.05) is 55.3 Å². The van der Waals surface area contributed by atoms with E-state index in [0.717, 1.165) is 53.9 Å². The van der Waals surface area contributed by atoms with Crippen molar-refractivity contribution in [3.05, 3.63) is 65.2 Å². The number of ether oxygens (including phenoxy) is 3. The molecule has 1 fully saturated rings. The van der Waals surface area contributed by atoms with Gasteiger partial charge in [-0.3, -0.25) is 0 Å². The molecular formula is C27H30O4. The Labute approximate surface area is 184 Å². The lowest BCUT2D eigenvalue weighted by molar-refractivity contribution is -0.121. The summed E-state index contributed by atoms with van der Waals surface area (Å²) in [6, 6.07) is 16.1. The number of aliphatic hydroxyl groups is 1. The Morgan fingerprint density at radius 1 is 1.13 bits per heavy atom. The highest BCUT2D eigenvalue weighted by molar-refractivity contribution is 5.87. The summed E-state index contributed by atoms with van der Waals surface area (Å²) >= 11 is 0. The maximum Gasteiger partial charge on any atom is 0.210 e. The van der Waals surface area contributed by atoms with Gasteiger partial charge in [-0.15, -0.1) is 0 Å². The third kappa shape index (κ3) is 4.63. The maximum atomic E-state index is 11.9. The summed E-state index contributed by atoms with van der Waals surface area (Å²) < 4.78 is 16.4. The van der Waals surface area contributed by atoms with E-state index >= 15 is 0 Å². The highest BCUT2D eigenvalue weighted by Gasteiger charge is 2.41. The molecule has 1 heterocycles. The van der Waals surface area contributed by atoms with Gasteiger partial charge >= 0.3 is 0 Å². The first-order chi connectivity index (χ1) is 15.1. The molecule has 0 spiro atoms. The van der Waals surface area contributed by atoms with Crippen LogP contribution in [0.4, 0.5) is 0 Å². The van der Waals surface area contributed by atoms with Gasteiger partial charge in [-0.05, 0) is 53.7 Å². The largest absolute Gasteiger partial charge is 0.497 e. The predicted octanol–water partition coefficient (Wildman–Crippen LogP) is 5.36. The summed E-state index contributed by atoms with van der Waals surface area (Å²) in [5.74, 6) is 3.81. The van der Waals surface area contributed by atoms with Crippen molar-refractivity contribution in [3.8, 4) is 17.8 Å². The van der Waals surface area contributed by atoms with E-state index < -0.39 is 5.60 Å². The minimum Gasteiger partial charge on any atom is -0.497 e. The normalized spacial score (nSPS) is 24.9. The Balaban J connectivity index is 1.53. The number of methoxy groups -OCH3 is 1. The molecule has 1 N–H and O–H groups in total. The molecule has 1 aliphatic carbocycles. The monoisotopic (exact) mass is 418 g/mol. The number of hydrogen-bond acceptors (Lipinski definition) is 4. The van der Waals surface area contributed by atoms with Crippen LogP contribution >= 0.6 is 0 Å². The zero-order valence-electron chi connectivity index (χ0n) is 18.3. The van der Waals surface area contributed by atoms with E-state index in [2.05, 4.69) is 31.1 Å². The van der Waals surface area contributed by atoms with Crippen LogP contribution in [0.25, 0.3) is 11.6 Å². The molecule has 0 aromatic heterocycles. The van der Waals surface area contributed by atoms with Gasteiger partial charge in [0, 0.05) is 18.8 Å². The van der Waals surface area contributed by atoms with Gasteiger partial charge in [0.2, 0.25) is 6.29 Å². The summed E-state index contributed by atoms with van der Waals surface area (Å²) in [5.41, 5.74) is 3.21. The van der Waals surface area contributed by atoms with Crippen molar-refractivity contribution in [1.29, 1.82) is 0 Å². The lowest BCUT2D eigenvalue weighted by atomic mass is 9.68. The van der Waals surface area contributed by atoms with Gasteiger partial charge in [0.15, 0.2) is 0 Å². The molecule has 2 aliphatic rings. The van der Waals surface area contributed by atoms with Crippen LogP contribution < -0.4 is 4.74 Å². The first-order valence-electron chi connectivity index (χ1n) is 11.0. The fourth-order valence-electron chi connectivity index (χ4n) is 4.48. The number of fused-ring (bicyclic) bond motifs is 1. The molecule has 0 amide bonds. The van der Waals surface area contributed by atoms with Crippen LogP contribution in [-0.4, -0.2) is 25.1 Å². The first kappa shape index (κ1) is 21.5. The third-order valence-electron chi connectivity index (χ3n) is 6.38. The number of hydrogen-bond donors (Lipinski definition) is 1. The second kappa shape index (κ2) is 9.60. The molecule has 2 aromatic carbocycles. The van der Waals surface area contributed by atoms with E-state index in [-0.39, 0.29) is 12.2 Å². The lowest BCUT2D eigenvalue weighted by Gasteiger charge is -2.40. The lowest BCUT2D eigenvalue weighted by Crippen LogP contribution is -2.37. The van der Waals surface area contributed by atoms with Crippen LogP contribution in [0.5, 0.6) is 5.75 Å². The van der Waals surface area contributed by atoms with E-state index in [1.807, 2.05) is 42.5 Å². The summed E-state index contributed by atoms with van der Waals surface area (Å²) in [5, 5.41) is 11.9. The van der Waals surface area contributed by atoms with Crippen LogP contribution in [0.3, 0.4) is 0 Å². The minimum absolute atomic E-state index is 0.0832. The molecule has 0 bridgehead atoms. The fraction of sp³-hybridized carbons (Fsp3) is 0.407. The highest BCUT2D eigenvalue weighted by Crippen LogP contribution is 2.47. The van der Waals surface area contributed by atoms with Crippen molar-refractivity contribution < 1.29 is 19.3 Å². The van der Waals surface area contributed by atoms with Crippen LogP contribution in [0.15, 0.2) is 48.5 Å². The van der Waals surface area contributed by atoms with E-state index in [1.54, 1.807) is 7.11 Å². The maximum absolute atomic E-state index is 11.9. The Hall–Kier alpha value is -2.74. The molecule has 3 atom stereocenters. The summed E-state index contributed by atoms with van der Waals surface area (Å²) in [4.78, 5) is 0. The van der Waals surface area contributed by atoms with Gasteiger partial charge in [0.05, 0.1) is 19.3 Å². The van der Waals surface area contributed by atoms with Crippen molar-refractivity contribution >= 4 is 11.6 Å². The first-order valence-corrected chi connectivity index (χ1v) is 11.0. The second-order valence-corrected chi connectivity index (χ2v) is 8.25. The van der Waals surface area contributed by atoms with Crippen molar-refractivity contribution in [2.45, 2.75) is 50.9 Å². The van der Waals surface area contributed by atoms with Crippen LogP contribution in [0.2, 0.25) is 0 Å². The third-order valence-corrected chi connectivity index (χ3v) is 6.38. The van der Waals surface area contributed by atoms with E-state index in [4.69, 9.17) is 14.2 Å². The average molecular weight is 419 g/mol. The quantitative estimate of drug-likeness (QED) is 0.665. The van der Waals surface area contributed by atoms with Gasteiger partial charge in [-0.2, -0.15) is 0 Å². The molecule has 0 saturated carbocycles. The molecule has 4 nitrogen and oxygen atoms in total. The van der Waals surface area contributed by atoms with Crippen molar-refractivity contribution in [2.24, 2.45) is 5.92 Å². The molecule has 4 heteroatoms. The number of benzene rings is 2. The molecule has 0 radical (unpaired) electrons. The van der Waals surface area contributed by atoms with Crippen LogP contribution in [-0.2, 0) is 15.1 Å². The van der Waals surface area contributed by atoms with Crippen molar-refractivity contribution in [3.63, 3.8) is 0 Å². The highest BCUT2D eigenvalue weighted by atomic mass is 16.7. The SMILES string of the molecule is COc1ccc(C2=Cc3ccccc3C(O)(CCC#COC3CCCCO3)C2C)cc1. The molecule has 31 heavy (non-hydrogen) atoms. The Morgan fingerprint density at radius 2 is 1.94 bits per heavy atom. The molecular weight excluding hydrogens is 388 g/mol. The van der Waals surface area contributed by atoms with Gasteiger partial charge in [-0.25, -0.2) is 0 Å².